The van der Waals surface area contributed by atoms with Crippen LogP contribution in [0.2, 0.25) is 0 Å². The van der Waals surface area contributed by atoms with Gasteiger partial charge in [-0.1, -0.05) is 64.7 Å². The molecule has 0 aromatic carbocycles. The van der Waals surface area contributed by atoms with Crippen molar-refractivity contribution in [1.82, 2.24) is 4.90 Å². The van der Waals surface area contributed by atoms with E-state index in [1.807, 2.05) is 0 Å². The quantitative estimate of drug-likeness (QED) is 0.230. The summed E-state index contributed by atoms with van der Waals surface area (Å²) in [6.07, 6.45) is 8.59. The molecule has 0 spiro atoms. The van der Waals surface area contributed by atoms with Crippen LogP contribution in [-0.2, 0) is 0 Å². The molecule has 0 amide bonds. The SMILES string of the molecule is CCCCCCCCCCCCN(CC(C)O)C(O)(O)C(O)O. The van der Waals surface area contributed by atoms with Gasteiger partial charge in [0.2, 0.25) is 6.29 Å². The predicted molar refractivity (Wildman–Crippen MR) is 90.5 cm³/mol. The Kier molecular flexibility index (Phi) is 13.0. The van der Waals surface area contributed by atoms with E-state index in [1.165, 1.54) is 51.9 Å². The number of unbranched alkanes of at least 4 members (excludes halogenated alkanes) is 9. The molecule has 1 unspecified atom stereocenters. The van der Waals surface area contributed by atoms with Crippen molar-refractivity contribution >= 4 is 0 Å². The van der Waals surface area contributed by atoms with Crippen molar-refractivity contribution in [2.75, 3.05) is 13.1 Å². The van der Waals surface area contributed by atoms with Crippen molar-refractivity contribution in [2.45, 2.75) is 96.4 Å². The summed E-state index contributed by atoms with van der Waals surface area (Å²) < 4.78 is 0. The molecule has 0 fully saturated rings. The summed E-state index contributed by atoms with van der Waals surface area (Å²) in [5.41, 5.74) is 0. The Bertz CT molecular complexity index is 272. The lowest BCUT2D eigenvalue weighted by molar-refractivity contribution is -0.360. The highest BCUT2D eigenvalue weighted by atomic mass is 16.6. The number of nitrogens with zero attached hydrogens (tertiary/aromatic N) is 1. The van der Waals surface area contributed by atoms with Gasteiger partial charge in [-0.3, -0.25) is 0 Å². The van der Waals surface area contributed by atoms with E-state index in [1.54, 1.807) is 0 Å². The Morgan fingerprint density at radius 2 is 1.22 bits per heavy atom. The first-order valence-corrected chi connectivity index (χ1v) is 9.06. The van der Waals surface area contributed by atoms with E-state index in [0.717, 1.165) is 24.2 Å². The molecule has 0 saturated carbocycles. The van der Waals surface area contributed by atoms with Gasteiger partial charge in [0.15, 0.2) is 0 Å². The molecule has 0 aliphatic rings. The normalized spacial score (nSPS) is 14.0. The highest BCUT2D eigenvalue weighted by Crippen LogP contribution is 2.16. The summed E-state index contributed by atoms with van der Waals surface area (Å²) >= 11 is 0. The molecular weight excluding hydrogens is 298 g/mol. The average molecular weight is 335 g/mol. The van der Waals surface area contributed by atoms with Crippen molar-refractivity contribution in [1.29, 1.82) is 0 Å². The second kappa shape index (κ2) is 13.1. The summed E-state index contributed by atoms with van der Waals surface area (Å²) in [5, 5.41) is 46.9. The van der Waals surface area contributed by atoms with E-state index >= 15 is 0 Å². The van der Waals surface area contributed by atoms with Gasteiger partial charge in [-0.2, -0.15) is 0 Å². The largest absolute Gasteiger partial charge is 0.392 e. The van der Waals surface area contributed by atoms with Crippen molar-refractivity contribution in [2.24, 2.45) is 0 Å². The predicted octanol–water partition coefficient (Wildman–Crippen LogP) is 1.54. The first-order chi connectivity index (χ1) is 10.8. The molecule has 0 aliphatic carbocycles. The summed E-state index contributed by atoms with van der Waals surface area (Å²) in [7, 11) is 0. The molecule has 6 nitrogen and oxygen atoms in total. The highest BCUT2D eigenvalue weighted by molar-refractivity contribution is 4.72. The molecule has 0 rings (SSSR count). The monoisotopic (exact) mass is 335 g/mol. The summed E-state index contributed by atoms with van der Waals surface area (Å²) in [6, 6.07) is 0. The van der Waals surface area contributed by atoms with E-state index in [-0.39, 0.29) is 6.54 Å². The lowest BCUT2D eigenvalue weighted by atomic mass is 10.1. The second-order valence-corrected chi connectivity index (χ2v) is 6.54. The molecule has 0 bridgehead atoms. The Hall–Kier alpha value is -0.240. The standard InChI is InChI=1S/C17H37NO5/c1-3-4-5-6-7-8-9-10-11-12-13-18(14-15(2)19)17(22,23)16(20)21/h15-16,19-23H,3-14H2,1-2H3. The van der Waals surface area contributed by atoms with Gasteiger partial charge in [-0.05, 0) is 13.3 Å². The van der Waals surface area contributed by atoms with E-state index < -0.39 is 18.3 Å². The first kappa shape index (κ1) is 22.8. The lowest BCUT2D eigenvalue weighted by Crippen LogP contribution is -2.58. The summed E-state index contributed by atoms with van der Waals surface area (Å²) in [4.78, 5) is 1.10. The molecule has 0 radical (unpaired) electrons. The Balaban J connectivity index is 3.84. The van der Waals surface area contributed by atoms with Gasteiger partial charge < -0.3 is 25.5 Å². The minimum absolute atomic E-state index is 0.0257. The van der Waals surface area contributed by atoms with Crippen LogP contribution >= 0.6 is 0 Å². The average Bonchev–Trinajstić information content (AvgIpc) is 2.47. The van der Waals surface area contributed by atoms with Crippen LogP contribution in [0.5, 0.6) is 0 Å². The molecule has 6 heteroatoms. The van der Waals surface area contributed by atoms with E-state index in [2.05, 4.69) is 6.92 Å². The minimum atomic E-state index is -2.73. The van der Waals surface area contributed by atoms with Crippen molar-refractivity contribution < 1.29 is 25.5 Å². The Labute approximate surface area is 140 Å². The van der Waals surface area contributed by atoms with Crippen molar-refractivity contribution in [3.05, 3.63) is 0 Å². The topological polar surface area (TPSA) is 104 Å². The minimum Gasteiger partial charge on any atom is -0.392 e. The van der Waals surface area contributed by atoms with Gasteiger partial charge in [0.1, 0.15) is 0 Å². The van der Waals surface area contributed by atoms with Crippen LogP contribution in [0.1, 0.15) is 78.1 Å². The van der Waals surface area contributed by atoms with Gasteiger partial charge in [0, 0.05) is 13.1 Å². The Morgan fingerprint density at radius 1 is 0.783 bits per heavy atom. The first-order valence-electron chi connectivity index (χ1n) is 9.06. The molecule has 0 aromatic rings. The summed E-state index contributed by atoms with van der Waals surface area (Å²) in [5.74, 6) is -2.73. The van der Waals surface area contributed by atoms with E-state index in [0.29, 0.717) is 6.54 Å². The molecule has 0 aliphatic heterocycles. The molecule has 0 aromatic heterocycles. The fourth-order valence-corrected chi connectivity index (χ4v) is 2.66. The second-order valence-electron chi connectivity index (χ2n) is 6.54. The molecule has 23 heavy (non-hydrogen) atoms. The van der Waals surface area contributed by atoms with Crippen LogP contribution in [0.15, 0.2) is 0 Å². The maximum absolute atomic E-state index is 9.71. The maximum atomic E-state index is 9.71. The van der Waals surface area contributed by atoms with E-state index in [4.69, 9.17) is 10.2 Å². The van der Waals surface area contributed by atoms with E-state index in [9.17, 15) is 15.3 Å². The number of hydrogen-bond acceptors (Lipinski definition) is 6. The zero-order valence-corrected chi connectivity index (χ0v) is 14.8. The van der Waals surface area contributed by atoms with Crippen LogP contribution in [0.3, 0.4) is 0 Å². The van der Waals surface area contributed by atoms with Crippen LogP contribution in [-0.4, -0.2) is 61.8 Å². The van der Waals surface area contributed by atoms with Gasteiger partial charge in [-0.15, -0.1) is 0 Å². The zero-order valence-electron chi connectivity index (χ0n) is 14.8. The summed E-state index contributed by atoms with van der Waals surface area (Å²) in [6.45, 7) is 4.00. The third-order valence-corrected chi connectivity index (χ3v) is 4.08. The van der Waals surface area contributed by atoms with Gasteiger partial charge in [0.25, 0.3) is 5.91 Å². The Morgan fingerprint density at radius 3 is 1.61 bits per heavy atom. The molecule has 0 saturated heterocycles. The third kappa shape index (κ3) is 11.0. The third-order valence-electron chi connectivity index (χ3n) is 4.08. The lowest BCUT2D eigenvalue weighted by Gasteiger charge is -2.36. The fourth-order valence-electron chi connectivity index (χ4n) is 2.66. The highest BCUT2D eigenvalue weighted by Gasteiger charge is 2.39. The van der Waals surface area contributed by atoms with Crippen molar-refractivity contribution in [3.63, 3.8) is 0 Å². The molecule has 0 heterocycles. The fraction of sp³-hybridized carbons (Fsp3) is 1.00. The molecule has 140 valence electrons. The molecule has 5 N–H and O–H groups in total. The van der Waals surface area contributed by atoms with Gasteiger partial charge >= 0.3 is 0 Å². The van der Waals surface area contributed by atoms with Crippen LogP contribution in [0.4, 0.5) is 0 Å². The number of rotatable bonds is 15. The number of aliphatic hydroxyl groups excluding tert-OH is 2. The smallest absolute Gasteiger partial charge is 0.278 e. The zero-order chi connectivity index (χ0) is 17.7. The van der Waals surface area contributed by atoms with Crippen LogP contribution in [0, 0.1) is 0 Å². The van der Waals surface area contributed by atoms with Crippen molar-refractivity contribution in [3.8, 4) is 0 Å². The van der Waals surface area contributed by atoms with Crippen LogP contribution < -0.4 is 0 Å². The van der Waals surface area contributed by atoms with Gasteiger partial charge in [0.05, 0.1) is 6.10 Å². The molecular formula is C17H37NO5. The maximum Gasteiger partial charge on any atom is 0.278 e. The number of hydrogen-bond donors (Lipinski definition) is 5. The van der Waals surface area contributed by atoms with Crippen LogP contribution in [0.25, 0.3) is 0 Å². The molecule has 1 atom stereocenters. The number of aliphatic hydroxyl groups is 5. The van der Waals surface area contributed by atoms with Gasteiger partial charge in [-0.25, -0.2) is 4.90 Å².